The molecule has 0 saturated carbocycles. The van der Waals surface area contributed by atoms with Gasteiger partial charge in [0, 0.05) is 35.7 Å². The Kier molecular flexibility index (Phi) is 28.3. The number of hydrogen-bond donors (Lipinski definition) is 1. The van der Waals surface area contributed by atoms with E-state index < -0.39 is 0 Å². The van der Waals surface area contributed by atoms with E-state index in [1.54, 1.807) is 13.8 Å². The molecule has 0 rings (SSSR count). The zero-order valence-corrected chi connectivity index (χ0v) is 10.1. The molecule has 0 aliphatic carbocycles. The average Bonchev–Trinajstić information content (AvgIpc) is 1.66. The minimum Gasteiger partial charge on any atom is -0.394 e. The number of aliphatic hydroxyl groups is 1. The SMILES string of the molecule is CC(C)O.CCCCC.[Na]. The van der Waals surface area contributed by atoms with Gasteiger partial charge in [-0.05, 0) is 13.8 Å². The number of rotatable bonds is 2. The monoisotopic (exact) mass is 155 g/mol. The molecule has 0 atom stereocenters. The molecule has 0 aliphatic heterocycles. The van der Waals surface area contributed by atoms with Crippen LogP contribution in [0.5, 0.6) is 0 Å². The second-order valence-corrected chi connectivity index (χ2v) is 2.45. The Hall–Kier alpha value is 0.960. The van der Waals surface area contributed by atoms with Crippen molar-refractivity contribution < 1.29 is 5.11 Å². The van der Waals surface area contributed by atoms with Gasteiger partial charge in [-0.2, -0.15) is 0 Å². The van der Waals surface area contributed by atoms with Crippen LogP contribution < -0.4 is 0 Å². The Labute approximate surface area is 87.5 Å². The molecule has 0 aromatic carbocycles. The molecule has 0 fully saturated rings. The second-order valence-electron chi connectivity index (χ2n) is 2.45. The van der Waals surface area contributed by atoms with Gasteiger partial charge in [0.25, 0.3) is 0 Å². The normalized spacial score (nSPS) is 7.80. The maximum Gasteiger partial charge on any atom is 0.0483 e. The summed E-state index contributed by atoms with van der Waals surface area (Å²) >= 11 is 0. The smallest absolute Gasteiger partial charge is 0.0483 e. The van der Waals surface area contributed by atoms with E-state index in [0.29, 0.717) is 0 Å². The van der Waals surface area contributed by atoms with Crippen molar-refractivity contribution in [3.63, 3.8) is 0 Å². The summed E-state index contributed by atoms with van der Waals surface area (Å²) in [5, 5.41) is 8.06. The predicted octanol–water partition coefficient (Wildman–Crippen LogP) is 2.20. The van der Waals surface area contributed by atoms with Crippen LogP contribution in [0.3, 0.4) is 0 Å². The van der Waals surface area contributed by atoms with Gasteiger partial charge in [-0.15, -0.1) is 0 Å². The summed E-state index contributed by atoms with van der Waals surface area (Å²) in [7, 11) is 0. The summed E-state index contributed by atoms with van der Waals surface area (Å²) in [5.41, 5.74) is 0. The number of unbranched alkanes of at least 4 members (excludes halogenated alkanes) is 2. The summed E-state index contributed by atoms with van der Waals surface area (Å²) in [6, 6.07) is 0. The molecule has 0 aromatic heterocycles. The Balaban J connectivity index is -0.0000000910. The molecule has 10 heavy (non-hydrogen) atoms. The van der Waals surface area contributed by atoms with Gasteiger partial charge in [-0.25, -0.2) is 0 Å². The molecule has 2 heteroatoms. The third-order valence-electron chi connectivity index (χ3n) is 0.707. The van der Waals surface area contributed by atoms with Crippen molar-refractivity contribution in [2.24, 2.45) is 0 Å². The van der Waals surface area contributed by atoms with Gasteiger partial charge >= 0.3 is 0 Å². The molecule has 0 bridgehead atoms. The molecule has 0 unspecified atom stereocenters. The van der Waals surface area contributed by atoms with E-state index >= 15 is 0 Å². The molecule has 0 spiro atoms. The predicted molar refractivity (Wildman–Crippen MR) is 48.3 cm³/mol. The molecule has 1 radical (unpaired) electrons. The van der Waals surface area contributed by atoms with Crippen LogP contribution in [0.25, 0.3) is 0 Å². The van der Waals surface area contributed by atoms with Crippen LogP contribution in [-0.2, 0) is 0 Å². The van der Waals surface area contributed by atoms with E-state index in [9.17, 15) is 0 Å². The average molecular weight is 155 g/mol. The molecular formula is C8H20NaO. The zero-order valence-electron chi connectivity index (χ0n) is 8.15. The van der Waals surface area contributed by atoms with E-state index in [1.165, 1.54) is 19.3 Å². The van der Waals surface area contributed by atoms with Gasteiger partial charge in [0.1, 0.15) is 0 Å². The van der Waals surface area contributed by atoms with Gasteiger partial charge in [0.15, 0.2) is 0 Å². The Morgan fingerprint density at radius 3 is 1.30 bits per heavy atom. The fourth-order valence-corrected chi connectivity index (χ4v) is 0.354. The van der Waals surface area contributed by atoms with E-state index in [1.807, 2.05) is 0 Å². The van der Waals surface area contributed by atoms with E-state index in [-0.39, 0.29) is 35.7 Å². The summed E-state index contributed by atoms with van der Waals surface area (Å²) in [6.45, 7) is 7.87. The van der Waals surface area contributed by atoms with E-state index in [2.05, 4.69) is 13.8 Å². The Morgan fingerprint density at radius 1 is 1.10 bits per heavy atom. The van der Waals surface area contributed by atoms with Gasteiger partial charge in [0.2, 0.25) is 0 Å². The molecule has 0 amide bonds. The molecular weight excluding hydrogens is 135 g/mol. The fraction of sp³-hybridized carbons (Fsp3) is 1.00. The van der Waals surface area contributed by atoms with Crippen LogP contribution in [0.4, 0.5) is 0 Å². The van der Waals surface area contributed by atoms with Crippen molar-refractivity contribution in [2.75, 3.05) is 0 Å². The fourth-order valence-electron chi connectivity index (χ4n) is 0.354. The topological polar surface area (TPSA) is 20.2 Å². The van der Waals surface area contributed by atoms with Crippen molar-refractivity contribution in [1.82, 2.24) is 0 Å². The van der Waals surface area contributed by atoms with Crippen molar-refractivity contribution in [1.29, 1.82) is 0 Å². The zero-order chi connectivity index (χ0) is 7.70. The Bertz CT molecular complexity index is 33.5. The first-order chi connectivity index (χ1) is 4.15. The molecule has 59 valence electrons. The van der Waals surface area contributed by atoms with E-state index in [0.717, 1.165) is 0 Å². The number of aliphatic hydroxyl groups excluding tert-OH is 1. The minimum absolute atomic E-state index is 0. The standard InChI is InChI=1S/C5H12.C3H8O.Na/c1-3-5-4-2;1-3(2)4;/h3-5H2,1-2H3;3-4H,1-2H3;. The van der Waals surface area contributed by atoms with Crippen molar-refractivity contribution in [3.8, 4) is 0 Å². The van der Waals surface area contributed by atoms with Gasteiger partial charge < -0.3 is 5.11 Å². The molecule has 0 heterocycles. The largest absolute Gasteiger partial charge is 0.394 e. The maximum atomic E-state index is 8.06. The minimum atomic E-state index is -0.167. The first-order valence-corrected chi connectivity index (χ1v) is 3.83. The van der Waals surface area contributed by atoms with E-state index in [4.69, 9.17) is 5.11 Å². The van der Waals surface area contributed by atoms with Crippen LogP contribution in [0.2, 0.25) is 0 Å². The second kappa shape index (κ2) is 16.5. The van der Waals surface area contributed by atoms with Gasteiger partial charge in [0.05, 0.1) is 0 Å². The quantitative estimate of drug-likeness (QED) is 0.606. The van der Waals surface area contributed by atoms with Crippen LogP contribution >= 0.6 is 0 Å². The van der Waals surface area contributed by atoms with Crippen LogP contribution in [0.15, 0.2) is 0 Å². The van der Waals surface area contributed by atoms with Crippen molar-refractivity contribution in [3.05, 3.63) is 0 Å². The molecule has 1 N–H and O–H groups in total. The first-order valence-electron chi connectivity index (χ1n) is 3.83. The molecule has 1 nitrogen and oxygen atoms in total. The summed E-state index contributed by atoms with van der Waals surface area (Å²) < 4.78 is 0. The Morgan fingerprint density at radius 2 is 1.30 bits per heavy atom. The summed E-state index contributed by atoms with van der Waals surface area (Å²) in [5.74, 6) is 0. The molecule has 0 aromatic rings. The van der Waals surface area contributed by atoms with Crippen LogP contribution in [-0.4, -0.2) is 40.8 Å². The number of hydrogen-bond acceptors (Lipinski definition) is 1. The molecule has 0 saturated heterocycles. The van der Waals surface area contributed by atoms with Crippen LogP contribution in [0.1, 0.15) is 47.0 Å². The van der Waals surface area contributed by atoms with Crippen molar-refractivity contribution in [2.45, 2.75) is 53.1 Å². The van der Waals surface area contributed by atoms with Crippen LogP contribution in [0, 0.1) is 0 Å². The van der Waals surface area contributed by atoms with Gasteiger partial charge in [-0.1, -0.05) is 33.1 Å². The summed E-state index contributed by atoms with van der Waals surface area (Å²) in [4.78, 5) is 0. The van der Waals surface area contributed by atoms with Crippen molar-refractivity contribution >= 4 is 29.6 Å². The first kappa shape index (κ1) is 17.2. The summed E-state index contributed by atoms with van der Waals surface area (Å²) in [6.07, 6.45) is 3.91. The maximum absolute atomic E-state index is 8.06. The van der Waals surface area contributed by atoms with Gasteiger partial charge in [-0.3, -0.25) is 0 Å². The third-order valence-corrected chi connectivity index (χ3v) is 0.707. The molecule has 0 aliphatic rings. The third kappa shape index (κ3) is 64.8.